The topological polar surface area (TPSA) is 44.8 Å². The van der Waals surface area contributed by atoms with Crippen molar-refractivity contribution in [3.8, 4) is 0 Å². The monoisotopic (exact) mass is 256 g/mol. The molecule has 0 aliphatic carbocycles. The number of nitrogens with zero attached hydrogens (tertiary/aromatic N) is 3. The summed E-state index contributed by atoms with van der Waals surface area (Å²) in [6.07, 6.45) is 0.103. The van der Waals surface area contributed by atoms with E-state index in [1.165, 1.54) is 12.3 Å². The Morgan fingerprint density at radius 3 is 2.56 bits per heavy atom. The van der Waals surface area contributed by atoms with Gasteiger partial charge < -0.3 is 9.88 Å². The van der Waals surface area contributed by atoms with E-state index in [0.29, 0.717) is 12.2 Å². The fourth-order valence-electron chi connectivity index (χ4n) is 1.48. The molecule has 4 nitrogen and oxygen atoms in total. The molecule has 0 spiro atoms. The summed E-state index contributed by atoms with van der Waals surface area (Å²) in [7, 11) is 1.76. The first-order valence-corrected chi connectivity index (χ1v) is 5.19. The molecule has 2 rings (SSSR count). The van der Waals surface area contributed by atoms with Crippen LogP contribution >= 0.6 is 0 Å². The van der Waals surface area contributed by atoms with Crippen LogP contribution in [0.25, 0.3) is 0 Å². The van der Waals surface area contributed by atoms with Gasteiger partial charge in [0.2, 0.25) is 0 Å². The molecular weight excluding hydrogens is 245 g/mol. The molecule has 0 radical (unpaired) electrons. The molecule has 1 N–H and O–H groups in total. The maximum absolute atomic E-state index is 12.3. The average molecular weight is 256 g/mol. The van der Waals surface area contributed by atoms with Crippen molar-refractivity contribution in [1.82, 2.24) is 15.0 Å². The van der Waals surface area contributed by atoms with E-state index < -0.39 is 11.9 Å². The minimum atomic E-state index is -4.40. The van der Waals surface area contributed by atoms with Gasteiger partial charge in [0, 0.05) is 19.4 Å². The number of hydrogen-bond donors (Lipinski definition) is 1. The van der Waals surface area contributed by atoms with Crippen molar-refractivity contribution in [3.63, 3.8) is 0 Å². The van der Waals surface area contributed by atoms with Crippen molar-refractivity contribution < 1.29 is 13.2 Å². The molecular formula is C11H11F3N4. The number of aromatic amines is 1. The standard InChI is InChI=1S/C11H11F3N4/c1-18(7-10-15-4-5-16-10)8-2-3-9(17-6-8)11(12,13)14/h2-6H,7H2,1H3,(H,15,16). The predicted molar refractivity (Wildman–Crippen MR) is 59.9 cm³/mol. The Hall–Kier alpha value is -2.05. The molecule has 0 saturated carbocycles. The number of anilines is 1. The van der Waals surface area contributed by atoms with Gasteiger partial charge in [-0.05, 0) is 12.1 Å². The lowest BCUT2D eigenvalue weighted by atomic mass is 10.3. The van der Waals surface area contributed by atoms with Gasteiger partial charge >= 0.3 is 6.18 Å². The van der Waals surface area contributed by atoms with Gasteiger partial charge in [-0.3, -0.25) is 0 Å². The van der Waals surface area contributed by atoms with Crippen molar-refractivity contribution in [3.05, 3.63) is 42.2 Å². The van der Waals surface area contributed by atoms with Gasteiger partial charge in [-0.25, -0.2) is 9.97 Å². The molecule has 0 atom stereocenters. The molecule has 0 unspecified atom stereocenters. The van der Waals surface area contributed by atoms with Crippen LogP contribution in [0.5, 0.6) is 0 Å². The minimum absolute atomic E-state index is 0.472. The van der Waals surface area contributed by atoms with Crippen LogP contribution < -0.4 is 4.90 Å². The van der Waals surface area contributed by atoms with Crippen LogP contribution in [-0.4, -0.2) is 22.0 Å². The zero-order valence-electron chi connectivity index (χ0n) is 9.57. The van der Waals surface area contributed by atoms with E-state index in [-0.39, 0.29) is 0 Å². The van der Waals surface area contributed by atoms with Gasteiger partial charge in [0.15, 0.2) is 0 Å². The van der Waals surface area contributed by atoms with Crippen LogP contribution in [0, 0.1) is 0 Å². The number of alkyl halides is 3. The van der Waals surface area contributed by atoms with Crippen molar-refractivity contribution in [2.45, 2.75) is 12.7 Å². The number of H-pyrrole nitrogens is 1. The summed E-state index contributed by atoms with van der Waals surface area (Å²) in [5.41, 5.74) is -0.294. The zero-order valence-corrected chi connectivity index (χ0v) is 9.57. The first kappa shape index (κ1) is 12.4. The third-order valence-electron chi connectivity index (χ3n) is 2.42. The van der Waals surface area contributed by atoms with Gasteiger partial charge in [0.1, 0.15) is 11.5 Å². The summed E-state index contributed by atoms with van der Waals surface area (Å²) in [5, 5.41) is 0. The summed E-state index contributed by atoms with van der Waals surface area (Å²) in [6.45, 7) is 0.472. The van der Waals surface area contributed by atoms with Gasteiger partial charge in [0.25, 0.3) is 0 Å². The Morgan fingerprint density at radius 2 is 2.06 bits per heavy atom. The largest absolute Gasteiger partial charge is 0.433 e. The molecule has 0 aromatic carbocycles. The summed E-state index contributed by atoms with van der Waals surface area (Å²) in [4.78, 5) is 12.1. The molecule has 0 bridgehead atoms. The molecule has 2 aromatic rings. The van der Waals surface area contributed by atoms with E-state index in [9.17, 15) is 13.2 Å². The smallest absolute Gasteiger partial charge is 0.366 e. The van der Waals surface area contributed by atoms with Crippen molar-refractivity contribution >= 4 is 5.69 Å². The second kappa shape index (κ2) is 4.67. The van der Waals surface area contributed by atoms with E-state index in [2.05, 4.69) is 15.0 Å². The molecule has 96 valence electrons. The number of imidazole rings is 1. The van der Waals surface area contributed by atoms with Crippen LogP contribution in [-0.2, 0) is 12.7 Å². The van der Waals surface area contributed by atoms with Crippen molar-refractivity contribution in [2.75, 3.05) is 11.9 Å². The highest BCUT2D eigenvalue weighted by Gasteiger charge is 2.32. The molecule has 2 aromatic heterocycles. The van der Waals surface area contributed by atoms with E-state index >= 15 is 0 Å². The predicted octanol–water partition coefficient (Wildman–Crippen LogP) is 2.46. The molecule has 7 heteroatoms. The first-order chi connectivity index (χ1) is 8.47. The lowest BCUT2D eigenvalue weighted by molar-refractivity contribution is -0.141. The van der Waals surface area contributed by atoms with Crippen LogP contribution in [0.2, 0.25) is 0 Å². The molecule has 0 aliphatic heterocycles. The maximum atomic E-state index is 12.3. The molecule has 0 saturated heterocycles. The Morgan fingerprint density at radius 1 is 1.28 bits per heavy atom. The minimum Gasteiger partial charge on any atom is -0.366 e. The molecule has 0 aliphatic rings. The highest BCUT2D eigenvalue weighted by atomic mass is 19.4. The molecule has 0 fully saturated rings. The number of pyridine rings is 1. The zero-order chi connectivity index (χ0) is 13.2. The van der Waals surface area contributed by atoms with E-state index in [1.54, 1.807) is 24.3 Å². The number of nitrogens with one attached hydrogen (secondary N) is 1. The highest BCUT2D eigenvalue weighted by molar-refractivity contribution is 5.43. The number of halogens is 3. The van der Waals surface area contributed by atoms with Crippen molar-refractivity contribution in [1.29, 1.82) is 0 Å². The van der Waals surface area contributed by atoms with Gasteiger partial charge in [0.05, 0.1) is 18.4 Å². The summed E-state index contributed by atoms with van der Waals surface area (Å²) < 4.78 is 37.0. The lowest BCUT2D eigenvalue weighted by Crippen LogP contribution is -2.18. The summed E-state index contributed by atoms with van der Waals surface area (Å²) in [6, 6.07) is 2.35. The van der Waals surface area contributed by atoms with Gasteiger partial charge in [-0.2, -0.15) is 13.2 Å². The second-order valence-electron chi connectivity index (χ2n) is 3.79. The van der Waals surface area contributed by atoms with Crippen LogP contribution in [0.15, 0.2) is 30.7 Å². The molecule has 18 heavy (non-hydrogen) atoms. The SMILES string of the molecule is CN(Cc1ncc[nH]1)c1ccc(C(F)(F)F)nc1. The summed E-state index contributed by atoms with van der Waals surface area (Å²) in [5.74, 6) is 0.734. The Labute approximate surface area is 101 Å². The van der Waals surface area contributed by atoms with E-state index in [0.717, 1.165) is 11.9 Å². The number of aromatic nitrogens is 3. The second-order valence-corrected chi connectivity index (χ2v) is 3.79. The third-order valence-corrected chi connectivity index (χ3v) is 2.42. The van der Waals surface area contributed by atoms with Crippen LogP contribution in [0.1, 0.15) is 11.5 Å². The normalized spacial score (nSPS) is 11.6. The first-order valence-electron chi connectivity index (χ1n) is 5.19. The van der Waals surface area contributed by atoms with E-state index in [4.69, 9.17) is 0 Å². The lowest BCUT2D eigenvalue weighted by Gasteiger charge is -2.18. The Kier molecular flexibility index (Phi) is 3.22. The third kappa shape index (κ3) is 2.79. The quantitative estimate of drug-likeness (QED) is 0.917. The Bertz CT molecular complexity index is 490. The molecule has 2 heterocycles. The van der Waals surface area contributed by atoms with Crippen LogP contribution in [0.4, 0.5) is 18.9 Å². The number of rotatable bonds is 3. The average Bonchev–Trinajstić information content (AvgIpc) is 2.81. The molecule has 0 amide bonds. The number of hydrogen-bond acceptors (Lipinski definition) is 3. The van der Waals surface area contributed by atoms with E-state index in [1.807, 2.05) is 0 Å². The summed E-state index contributed by atoms with van der Waals surface area (Å²) >= 11 is 0. The maximum Gasteiger partial charge on any atom is 0.433 e. The van der Waals surface area contributed by atoms with Gasteiger partial charge in [-0.1, -0.05) is 0 Å². The Balaban J connectivity index is 2.10. The van der Waals surface area contributed by atoms with Crippen LogP contribution in [0.3, 0.4) is 0 Å². The van der Waals surface area contributed by atoms with Crippen molar-refractivity contribution in [2.24, 2.45) is 0 Å². The fourth-order valence-corrected chi connectivity index (χ4v) is 1.48. The fraction of sp³-hybridized carbons (Fsp3) is 0.273. The van der Waals surface area contributed by atoms with Gasteiger partial charge in [-0.15, -0.1) is 0 Å². The highest BCUT2D eigenvalue weighted by Crippen LogP contribution is 2.28.